The smallest absolute Gasteiger partial charge is 0.325 e. The number of amides is 1. The van der Waals surface area contributed by atoms with E-state index in [1.165, 1.54) is 4.57 Å². The zero-order valence-electron chi connectivity index (χ0n) is 15.5. The van der Waals surface area contributed by atoms with Gasteiger partial charge in [-0.15, -0.1) is 0 Å². The summed E-state index contributed by atoms with van der Waals surface area (Å²) < 4.78 is 6.36. The second kappa shape index (κ2) is 9.13. The summed E-state index contributed by atoms with van der Waals surface area (Å²) in [4.78, 5) is 41.0. The summed E-state index contributed by atoms with van der Waals surface area (Å²) in [6.45, 7) is -0.673. The van der Waals surface area contributed by atoms with E-state index in [4.69, 9.17) is 10.00 Å². The van der Waals surface area contributed by atoms with E-state index in [0.717, 1.165) is 32.1 Å². The topological polar surface area (TPSA) is 114 Å². The molecule has 0 unspecified atom stereocenters. The van der Waals surface area contributed by atoms with Crippen molar-refractivity contribution in [1.29, 1.82) is 5.26 Å². The monoisotopic (exact) mass is 382 g/mol. The van der Waals surface area contributed by atoms with Gasteiger partial charge in [-0.05, 0) is 25.0 Å². The first-order valence-corrected chi connectivity index (χ1v) is 9.39. The summed E-state index contributed by atoms with van der Waals surface area (Å²) in [5.41, 5.74) is 0.113. The summed E-state index contributed by atoms with van der Waals surface area (Å²) in [5.74, 6) is -0.585. The van der Waals surface area contributed by atoms with E-state index in [0.29, 0.717) is 10.9 Å². The van der Waals surface area contributed by atoms with E-state index in [1.54, 1.807) is 24.3 Å². The molecule has 28 heavy (non-hydrogen) atoms. The van der Waals surface area contributed by atoms with E-state index in [1.807, 2.05) is 6.07 Å². The number of benzene rings is 1. The Kier molecular flexibility index (Phi) is 6.37. The van der Waals surface area contributed by atoms with Gasteiger partial charge in [-0.3, -0.25) is 19.0 Å². The molecule has 0 saturated heterocycles. The maximum atomic E-state index is 12.5. The van der Waals surface area contributed by atoms with Crippen LogP contribution in [-0.2, 0) is 27.5 Å². The van der Waals surface area contributed by atoms with Crippen molar-refractivity contribution in [2.24, 2.45) is 5.92 Å². The predicted octanol–water partition coefficient (Wildman–Crippen LogP) is 1.66. The van der Waals surface area contributed by atoms with Crippen molar-refractivity contribution in [2.45, 2.75) is 45.3 Å². The Bertz CT molecular complexity index is 970. The van der Waals surface area contributed by atoms with Gasteiger partial charge in [0.15, 0.2) is 5.82 Å². The van der Waals surface area contributed by atoms with Crippen LogP contribution in [0.4, 0.5) is 0 Å². The van der Waals surface area contributed by atoms with E-state index in [9.17, 15) is 14.4 Å². The molecule has 1 amide bonds. The summed E-state index contributed by atoms with van der Waals surface area (Å²) in [6, 6.07) is 8.71. The molecule has 1 heterocycles. The number of ether oxygens (including phenoxy) is 1. The molecular weight excluding hydrogens is 360 g/mol. The van der Waals surface area contributed by atoms with Crippen LogP contribution in [-0.4, -0.2) is 28.0 Å². The molecule has 146 valence electrons. The number of rotatable bonds is 6. The van der Waals surface area contributed by atoms with Gasteiger partial charge in [-0.2, -0.15) is 5.26 Å². The van der Waals surface area contributed by atoms with E-state index in [-0.39, 0.29) is 42.9 Å². The van der Waals surface area contributed by atoms with Crippen molar-refractivity contribution in [1.82, 2.24) is 14.9 Å². The van der Waals surface area contributed by atoms with Gasteiger partial charge >= 0.3 is 5.97 Å². The Hall–Kier alpha value is -3.21. The highest BCUT2D eigenvalue weighted by Gasteiger charge is 2.21. The van der Waals surface area contributed by atoms with Crippen LogP contribution in [0.3, 0.4) is 0 Å². The maximum absolute atomic E-state index is 12.5. The number of carbonyl (C=O) groups is 2. The van der Waals surface area contributed by atoms with Crippen LogP contribution in [0.15, 0.2) is 29.1 Å². The minimum absolute atomic E-state index is 0.0375. The van der Waals surface area contributed by atoms with E-state index >= 15 is 0 Å². The molecule has 1 aromatic carbocycles. The first kappa shape index (κ1) is 19.5. The molecule has 8 heteroatoms. The molecule has 0 atom stereocenters. The van der Waals surface area contributed by atoms with Gasteiger partial charge in [-0.25, -0.2) is 4.98 Å². The van der Waals surface area contributed by atoms with Gasteiger partial charge in [-0.1, -0.05) is 31.4 Å². The third-order valence-electron chi connectivity index (χ3n) is 4.91. The minimum Gasteiger partial charge on any atom is -0.456 e. The highest BCUT2D eigenvalue weighted by atomic mass is 16.5. The molecule has 1 fully saturated rings. The molecule has 0 radical (unpaired) electrons. The summed E-state index contributed by atoms with van der Waals surface area (Å²) >= 11 is 0. The molecule has 1 aliphatic carbocycles. The molecule has 0 bridgehead atoms. The largest absolute Gasteiger partial charge is 0.456 e. The number of nitrogens with one attached hydrogen (secondary N) is 1. The van der Waals surface area contributed by atoms with Gasteiger partial charge in [0.05, 0.1) is 17.0 Å². The minimum atomic E-state index is -0.616. The van der Waals surface area contributed by atoms with Crippen LogP contribution >= 0.6 is 0 Å². The van der Waals surface area contributed by atoms with Crippen molar-refractivity contribution >= 4 is 22.8 Å². The number of aromatic nitrogens is 2. The molecular formula is C20H22N4O4. The first-order chi connectivity index (χ1) is 13.6. The van der Waals surface area contributed by atoms with Gasteiger partial charge in [0.25, 0.3) is 5.56 Å². The van der Waals surface area contributed by atoms with Gasteiger partial charge in [0.1, 0.15) is 19.7 Å². The molecule has 2 aromatic rings. The summed E-state index contributed by atoms with van der Waals surface area (Å²) in [5, 5.41) is 12.0. The Morgan fingerprint density at radius 2 is 2.00 bits per heavy atom. The van der Waals surface area contributed by atoms with Crippen LogP contribution in [0.5, 0.6) is 0 Å². The van der Waals surface area contributed by atoms with Crippen LogP contribution in [0.1, 0.15) is 37.9 Å². The lowest BCUT2D eigenvalue weighted by Crippen LogP contribution is -2.36. The molecule has 0 spiro atoms. The normalized spacial score (nSPS) is 14.4. The standard InChI is InChI=1S/C20H22N4O4/c21-10-11-24-17(23-16-9-5-4-8-15(16)20(24)27)13-28-18(25)12-22-19(26)14-6-2-1-3-7-14/h4-5,8-9,14H,1-3,6-7,11-13H2,(H,22,26). The quantitative estimate of drug-likeness (QED) is 0.760. The van der Waals surface area contributed by atoms with Crippen LogP contribution in [0, 0.1) is 17.2 Å². The number of carbonyl (C=O) groups excluding carboxylic acids is 2. The molecule has 3 rings (SSSR count). The number of para-hydroxylation sites is 1. The Balaban J connectivity index is 1.63. The second-order valence-corrected chi connectivity index (χ2v) is 6.81. The number of fused-ring (bicyclic) bond motifs is 1. The zero-order chi connectivity index (χ0) is 19.9. The van der Waals surface area contributed by atoms with Gasteiger partial charge < -0.3 is 10.1 Å². The van der Waals surface area contributed by atoms with Crippen molar-refractivity contribution in [3.8, 4) is 6.07 Å². The lowest BCUT2D eigenvalue weighted by Gasteiger charge is -2.20. The lowest BCUT2D eigenvalue weighted by atomic mass is 9.89. The maximum Gasteiger partial charge on any atom is 0.325 e. The second-order valence-electron chi connectivity index (χ2n) is 6.81. The van der Waals surface area contributed by atoms with E-state index in [2.05, 4.69) is 10.3 Å². The Morgan fingerprint density at radius 1 is 1.25 bits per heavy atom. The molecule has 1 N–H and O–H groups in total. The fraction of sp³-hybridized carbons (Fsp3) is 0.450. The molecule has 1 aliphatic rings. The number of esters is 1. The van der Waals surface area contributed by atoms with Crippen LogP contribution in [0.25, 0.3) is 10.9 Å². The third kappa shape index (κ3) is 4.55. The van der Waals surface area contributed by atoms with Crippen LogP contribution < -0.4 is 10.9 Å². The number of nitriles is 1. The zero-order valence-corrected chi connectivity index (χ0v) is 15.5. The van der Waals surface area contributed by atoms with Crippen LogP contribution in [0.2, 0.25) is 0 Å². The lowest BCUT2D eigenvalue weighted by molar-refractivity contribution is -0.145. The average molecular weight is 382 g/mol. The van der Waals surface area contributed by atoms with Crippen molar-refractivity contribution < 1.29 is 14.3 Å². The molecule has 1 aromatic heterocycles. The fourth-order valence-corrected chi connectivity index (χ4v) is 3.42. The Morgan fingerprint density at radius 3 is 2.75 bits per heavy atom. The van der Waals surface area contributed by atoms with Crippen molar-refractivity contribution in [3.05, 3.63) is 40.4 Å². The average Bonchev–Trinajstić information content (AvgIpc) is 2.73. The molecule has 1 saturated carbocycles. The predicted molar refractivity (Wildman–Crippen MR) is 101 cm³/mol. The number of hydrogen-bond donors (Lipinski definition) is 1. The third-order valence-corrected chi connectivity index (χ3v) is 4.91. The highest BCUT2D eigenvalue weighted by molar-refractivity contribution is 5.83. The molecule has 8 nitrogen and oxygen atoms in total. The van der Waals surface area contributed by atoms with Crippen molar-refractivity contribution in [2.75, 3.05) is 6.54 Å². The molecule has 0 aliphatic heterocycles. The summed E-state index contributed by atoms with van der Waals surface area (Å²) in [6.07, 6.45) is 4.92. The first-order valence-electron chi connectivity index (χ1n) is 9.39. The number of hydrogen-bond acceptors (Lipinski definition) is 6. The highest BCUT2D eigenvalue weighted by Crippen LogP contribution is 2.23. The number of nitrogens with zero attached hydrogens (tertiary/aromatic N) is 3. The van der Waals surface area contributed by atoms with Gasteiger partial charge in [0, 0.05) is 5.92 Å². The fourth-order valence-electron chi connectivity index (χ4n) is 3.42. The van der Waals surface area contributed by atoms with Gasteiger partial charge in [0.2, 0.25) is 5.91 Å². The van der Waals surface area contributed by atoms with Crippen molar-refractivity contribution in [3.63, 3.8) is 0 Å². The SMILES string of the molecule is N#CCn1c(COC(=O)CNC(=O)C2CCCCC2)nc2ccccc2c1=O. The Labute approximate surface area is 162 Å². The van der Waals surface area contributed by atoms with E-state index < -0.39 is 5.97 Å². The summed E-state index contributed by atoms with van der Waals surface area (Å²) in [7, 11) is 0.